The second-order valence-corrected chi connectivity index (χ2v) is 5.07. The second kappa shape index (κ2) is 5.53. The van der Waals surface area contributed by atoms with Crippen LogP contribution in [0.4, 0.5) is 11.6 Å². The van der Waals surface area contributed by atoms with Gasteiger partial charge in [-0.25, -0.2) is 9.97 Å². The van der Waals surface area contributed by atoms with Crippen LogP contribution in [0, 0.1) is 0 Å². The third kappa shape index (κ3) is 2.76. The lowest BCUT2D eigenvalue weighted by atomic mass is 10.3. The number of nitrogens with one attached hydrogen (secondary N) is 1. The first-order chi connectivity index (χ1) is 9.80. The first kappa shape index (κ1) is 13.0. The Morgan fingerprint density at radius 3 is 2.85 bits per heavy atom. The van der Waals surface area contributed by atoms with Crippen molar-refractivity contribution in [3.63, 3.8) is 0 Å². The summed E-state index contributed by atoms with van der Waals surface area (Å²) >= 11 is 0. The van der Waals surface area contributed by atoms with Gasteiger partial charge in [-0.15, -0.1) is 0 Å². The molecular weight excluding hydrogens is 252 g/mol. The minimum Gasteiger partial charge on any atom is -0.467 e. The number of aromatic nitrogens is 2. The fraction of sp³-hybridized carbons (Fsp3) is 0.467. The molecule has 1 saturated carbocycles. The van der Waals surface area contributed by atoms with Crippen molar-refractivity contribution in [2.75, 3.05) is 17.3 Å². The molecule has 1 aliphatic rings. The molecule has 0 amide bonds. The van der Waals surface area contributed by atoms with Gasteiger partial charge in [0.05, 0.1) is 12.8 Å². The smallest absolute Gasteiger partial charge is 0.135 e. The van der Waals surface area contributed by atoms with Gasteiger partial charge < -0.3 is 14.6 Å². The fourth-order valence-corrected chi connectivity index (χ4v) is 2.27. The number of rotatable bonds is 6. The summed E-state index contributed by atoms with van der Waals surface area (Å²) in [5.41, 5.74) is 0. The van der Waals surface area contributed by atoms with Crippen LogP contribution in [0.1, 0.15) is 31.4 Å². The molecule has 0 atom stereocenters. The number of anilines is 2. The number of hydrogen-bond donors (Lipinski definition) is 1. The van der Waals surface area contributed by atoms with E-state index in [1.807, 2.05) is 25.2 Å². The molecule has 20 heavy (non-hydrogen) atoms. The zero-order chi connectivity index (χ0) is 13.9. The van der Waals surface area contributed by atoms with Crippen LogP contribution < -0.4 is 10.2 Å². The lowest BCUT2D eigenvalue weighted by Gasteiger charge is -2.23. The molecule has 1 N–H and O–H groups in total. The van der Waals surface area contributed by atoms with Gasteiger partial charge >= 0.3 is 0 Å². The molecule has 2 aromatic rings. The Labute approximate surface area is 119 Å². The highest BCUT2D eigenvalue weighted by Crippen LogP contribution is 2.33. The summed E-state index contributed by atoms with van der Waals surface area (Å²) < 4.78 is 5.48. The summed E-state index contributed by atoms with van der Waals surface area (Å²) in [6.07, 6.45) is 5.00. The predicted molar refractivity (Wildman–Crippen MR) is 78.9 cm³/mol. The van der Waals surface area contributed by atoms with Gasteiger partial charge in [0, 0.05) is 25.6 Å². The molecule has 0 radical (unpaired) electrons. The van der Waals surface area contributed by atoms with Gasteiger partial charge in [0.2, 0.25) is 0 Å². The van der Waals surface area contributed by atoms with E-state index < -0.39 is 0 Å². The van der Waals surface area contributed by atoms with Crippen LogP contribution >= 0.6 is 0 Å². The summed E-state index contributed by atoms with van der Waals surface area (Å²) in [5, 5.41) is 3.11. The maximum Gasteiger partial charge on any atom is 0.135 e. The van der Waals surface area contributed by atoms with Crippen molar-refractivity contribution in [1.82, 2.24) is 9.97 Å². The monoisotopic (exact) mass is 272 g/mol. The van der Waals surface area contributed by atoms with Crippen LogP contribution in [-0.4, -0.2) is 23.1 Å². The molecule has 0 aromatic carbocycles. The highest BCUT2D eigenvalue weighted by molar-refractivity contribution is 5.50. The van der Waals surface area contributed by atoms with E-state index in [0.29, 0.717) is 6.04 Å². The summed E-state index contributed by atoms with van der Waals surface area (Å²) in [6.45, 7) is 2.84. The van der Waals surface area contributed by atoms with Gasteiger partial charge in [-0.1, -0.05) is 6.92 Å². The Morgan fingerprint density at radius 2 is 2.25 bits per heavy atom. The van der Waals surface area contributed by atoms with Crippen LogP contribution in [0.3, 0.4) is 0 Å². The number of hydrogen-bond acceptors (Lipinski definition) is 5. The maximum absolute atomic E-state index is 5.48. The molecule has 1 fully saturated rings. The van der Waals surface area contributed by atoms with Crippen LogP contribution in [0.5, 0.6) is 0 Å². The molecule has 5 nitrogen and oxygen atoms in total. The Morgan fingerprint density at radius 1 is 1.40 bits per heavy atom. The van der Waals surface area contributed by atoms with Gasteiger partial charge in [-0.3, -0.25) is 0 Å². The van der Waals surface area contributed by atoms with E-state index in [1.165, 1.54) is 12.8 Å². The second-order valence-electron chi connectivity index (χ2n) is 5.07. The molecule has 3 rings (SSSR count). The first-order valence-electron chi connectivity index (χ1n) is 7.15. The zero-order valence-corrected chi connectivity index (χ0v) is 12.0. The number of aryl methyl sites for hydroxylation is 1. The standard InChI is InChI=1S/C15H20N4O/c1-3-13-17-14(16-2)9-15(18-13)19(11-6-7-11)10-12-5-4-8-20-12/h4-5,8-9,11H,3,6-7,10H2,1-2H3,(H,16,17,18). The van der Waals surface area contributed by atoms with Crippen molar-refractivity contribution in [2.45, 2.75) is 38.8 Å². The highest BCUT2D eigenvalue weighted by Gasteiger charge is 2.31. The molecule has 1 aliphatic carbocycles. The summed E-state index contributed by atoms with van der Waals surface area (Å²) in [5.74, 6) is 3.70. The SMILES string of the molecule is CCc1nc(NC)cc(N(Cc2ccco2)C2CC2)n1. The minimum absolute atomic E-state index is 0.574. The van der Waals surface area contributed by atoms with Crippen LogP contribution in [0.2, 0.25) is 0 Å². The summed E-state index contributed by atoms with van der Waals surface area (Å²) in [6, 6.07) is 6.53. The average Bonchev–Trinajstić information content (AvgIpc) is 3.20. The summed E-state index contributed by atoms with van der Waals surface area (Å²) in [7, 11) is 1.89. The van der Waals surface area contributed by atoms with Crippen molar-refractivity contribution >= 4 is 11.6 Å². The molecule has 2 heterocycles. The van der Waals surface area contributed by atoms with E-state index in [0.717, 1.165) is 36.2 Å². The van der Waals surface area contributed by atoms with Crippen LogP contribution in [0.15, 0.2) is 28.9 Å². The zero-order valence-electron chi connectivity index (χ0n) is 12.0. The number of furan rings is 1. The Hall–Kier alpha value is -2.04. The van der Waals surface area contributed by atoms with Gasteiger partial charge in [-0.05, 0) is 25.0 Å². The molecule has 5 heteroatoms. The Balaban J connectivity index is 1.90. The van der Waals surface area contributed by atoms with Gasteiger partial charge in [0.25, 0.3) is 0 Å². The lowest BCUT2D eigenvalue weighted by Crippen LogP contribution is -2.26. The third-order valence-corrected chi connectivity index (χ3v) is 3.52. The van der Waals surface area contributed by atoms with Gasteiger partial charge in [-0.2, -0.15) is 0 Å². The van der Waals surface area contributed by atoms with E-state index in [1.54, 1.807) is 6.26 Å². The van der Waals surface area contributed by atoms with Crippen molar-refractivity contribution in [3.05, 3.63) is 36.0 Å². The highest BCUT2D eigenvalue weighted by atomic mass is 16.3. The number of nitrogens with zero attached hydrogens (tertiary/aromatic N) is 3. The van der Waals surface area contributed by atoms with E-state index >= 15 is 0 Å². The molecule has 0 spiro atoms. The van der Waals surface area contributed by atoms with E-state index in [-0.39, 0.29) is 0 Å². The fourth-order valence-electron chi connectivity index (χ4n) is 2.27. The van der Waals surface area contributed by atoms with Crippen molar-refractivity contribution < 1.29 is 4.42 Å². The molecule has 2 aromatic heterocycles. The van der Waals surface area contributed by atoms with Crippen molar-refractivity contribution in [3.8, 4) is 0 Å². The molecular formula is C15H20N4O. The largest absolute Gasteiger partial charge is 0.467 e. The normalized spacial score (nSPS) is 14.3. The van der Waals surface area contributed by atoms with E-state index in [9.17, 15) is 0 Å². The quantitative estimate of drug-likeness (QED) is 0.876. The third-order valence-electron chi connectivity index (χ3n) is 3.52. The van der Waals surface area contributed by atoms with Gasteiger partial charge in [0.15, 0.2) is 0 Å². The molecule has 0 bridgehead atoms. The summed E-state index contributed by atoms with van der Waals surface area (Å²) in [4.78, 5) is 11.5. The van der Waals surface area contributed by atoms with Crippen LogP contribution in [0.25, 0.3) is 0 Å². The minimum atomic E-state index is 0.574. The molecule has 0 saturated heterocycles. The topological polar surface area (TPSA) is 54.2 Å². The molecule has 0 unspecified atom stereocenters. The predicted octanol–water partition coefficient (Wildman–Crippen LogP) is 2.84. The van der Waals surface area contributed by atoms with Crippen LogP contribution in [-0.2, 0) is 13.0 Å². The molecule has 0 aliphatic heterocycles. The lowest BCUT2D eigenvalue weighted by molar-refractivity contribution is 0.500. The Bertz CT molecular complexity index is 541. The first-order valence-corrected chi connectivity index (χ1v) is 7.15. The van der Waals surface area contributed by atoms with E-state index in [4.69, 9.17) is 4.42 Å². The maximum atomic E-state index is 5.48. The van der Waals surface area contributed by atoms with Gasteiger partial charge in [0.1, 0.15) is 23.2 Å². The van der Waals surface area contributed by atoms with Crippen molar-refractivity contribution in [2.24, 2.45) is 0 Å². The molecule has 106 valence electrons. The average molecular weight is 272 g/mol. The van der Waals surface area contributed by atoms with Crippen molar-refractivity contribution in [1.29, 1.82) is 0 Å². The van der Waals surface area contributed by atoms with E-state index in [2.05, 4.69) is 27.1 Å². The Kier molecular flexibility index (Phi) is 3.58.